The molecular formula is C23H40N4O2S. The Morgan fingerprint density at radius 2 is 1.73 bits per heavy atom. The van der Waals surface area contributed by atoms with Gasteiger partial charge < -0.3 is 10.2 Å². The summed E-state index contributed by atoms with van der Waals surface area (Å²) in [6, 6.07) is 8.99. The van der Waals surface area contributed by atoms with Crippen molar-refractivity contribution in [2.24, 2.45) is 10.4 Å². The van der Waals surface area contributed by atoms with Crippen molar-refractivity contribution >= 4 is 15.8 Å². The highest BCUT2D eigenvalue weighted by molar-refractivity contribution is 7.90. The van der Waals surface area contributed by atoms with Gasteiger partial charge in [-0.05, 0) is 28.9 Å². The minimum Gasteiger partial charge on any atom is -0.356 e. The van der Waals surface area contributed by atoms with Crippen molar-refractivity contribution in [1.29, 1.82) is 0 Å². The molecule has 1 N–H and O–H groups in total. The molecule has 7 heteroatoms. The quantitative estimate of drug-likeness (QED) is 0.501. The smallest absolute Gasteiger partial charge is 0.193 e. The van der Waals surface area contributed by atoms with Crippen LogP contribution in [0.15, 0.2) is 29.3 Å². The van der Waals surface area contributed by atoms with Gasteiger partial charge in [0.1, 0.15) is 9.84 Å². The van der Waals surface area contributed by atoms with E-state index in [0.717, 1.165) is 38.7 Å². The van der Waals surface area contributed by atoms with Crippen LogP contribution in [0.1, 0.15) is 51.2 Å². The largest absolute Gasteiger partial charge is 0.356 e. The Balaban J connectivity index is 1.81. The van der Waals surface area contributed by atoms with Gasteiger partial charge in [-0.1, -0.05) is 52.0 Å². The topological polar surface area (TPSA) is 65.0 Å². The molecule has 0 spiro atoms. The Bertz CT molecular complexity index is 793. The van der Waals surface area contributed by atoms with E-state index in [9.17, 15) is 8.42 Å². The molecule has 0 aromatic heterocycles. The van der Waals surface area contributed by atoms with Gasteiger partial charge in [0.25, 0.3) is 0 Å². The van der Waals surface area contributed by atoms with Crippen molar-refractivity contribution in [3.05, 3.63) is 35.4 Å². The average molecular weight is 437 g/mol. The van der Waals surface area contributed by atoms with Gasteiger partial charge in [0.05, 0.1) is 5.75 Å². The third-order valence-electron chi connectivity index (χ3n) is 5.81. The summed E-state index contributed by atoms with van der Waals surface area (Å²) in [6.07, 6.45) is 1.94. The number of hydrogen-bond acceptors (Lipinski definition) is 4. The van der Waals surface area contributed by atoms with Gasteiger partial charge in [-0.25, -0.2) is 8.42 Å². The second-order valence-electron chi connectivity index (χ2n) is 9.60. The predicted octanol–water partition coefficient (Wildman–Crippen LogP) is 2.96. The van der Waals surface area contributed by atoms with Gasteiger partial charge >= 0.3 is 0 Å². The zero-order valence-corrected chi connectivity index (χ0v) is 20.4. The highest BCUT2D eigenvalue weighted by atomic mass is 32.2. The van der Waals surface area contributed by atoms with E-state index in [4.69, 9.17) is 0 Å². The Hall–Kier alpha value is -1.60. The maximum Gasteiger partial charge on any atom is 0.193 e. The fourth-order valence-corrected chi connectivity index (χ4v) is 4.51. The highest BCUT2D eigenvalue weighted by Crippen LogP contribution is 2.20. The second kappa shape index (κ2) is 10.6. The van der Waals surface area contributed by atoms with Crippen LogP contribution in [0.25, 0.3) is 0 Å². The first kappa shape index (κ1) is 24.7. The van der Waals surface area contributed by atoms with Crippen molar-refractivity contribution in [2.75, 3.05) is 51.8 Å². The molecule has 1 aliphatic rings. The van der Waals surface area contributed by atoms with E-state index in [0.29, 0.717) is 18.9 Å². The van der Waals surface area contributed by atoms with E-state index in [2.05, 4.69) is 72.1 Å². The lowest BCUT2D eigenvalue weighted by molar-refractivity contribution is 0.171. The molecule has 170 valence electrons. The van der Waals surface area contributed by atoms with Gasteiger partial charge in [-0.3, -0.25) is 9.89 Å². The number of hydrogen-bond donors (Lipinski definition) is 1. The van der Waals surface area contributed by atoms with Crippen molar-refractivity contribution < 1.29 is 8.42 Å². The molecule has 2 rings (SSSR count). The number of nitrogens with one attached hydrogen (secondary N) is 1. The molecule has 0 bridgehead atoms. The number of piperazine rings is 1. The lowest BCUT2D eigenvalue weighted by Crippen LogP contribution is -2.53. The zero-order chi connectivity index (χ0) is 22.4. The molecule has 0 saturated carbocycles. The molecule has 0 atom stereocenters. The molecule has 1 fully saturated rings. The molecule has 1 saturated heterocycles. The Kier molecular flexibility index (Phi) is 8.73. The zero-order valence-electron chi connectivity index (χ0n) is 19.6. The van der Waals surface area contributed by atoms with Crippen LogP contribution in [0.2, 0.25) is 0 Å². The number of nitrogens with zero attached hydrogens (tertiary/aromatic N) is 3. The van der Waals surface area contributed by atoms with Crippen LogP contribution in [0, 0.1) is 5.41 Å². The Morgan fingerprint density at radius 1 is 1.13 bits per heavy atom. The molecule has 30 heavy (non-hydrogen) atoms. The van der Waals surface area contributed by atoms with E-state index in [-0.39, 0.29) is 11.2 Å². The van der Waals surface area contributed by atoms with Gasteiger partial charge in [0.2, 0.25) is 0 Å². The molecule has 1 heterocycles. The lowest BCUT2D eigenvalue weighted by Gasteiger charge is -2.37. The SMILES string of the molecule is CN=C(NCC(C)(C)CCS(C)(=O)=O)N1CCN(Cc2ccc(C(C)C)cc2)CC1. The predicted molar refractivity (Wildman–Crippen MR) is 127 cm³/mol. The van der Waals surface area contributed by atoms with Gasteiger partial charge in [-0.2, -0.15) is 0 Å². The second-order valence-corrected chi connectivity index (χ2v) is 11.9. The van der Waals surface area contributed by atoms with Crippen LogP contribution < -0.4 is 5.32 Å². The molecule has 0 radical (unpaired) electrons. The van der Waals surface area contributed by atoms with E-state index in [1.54, 1.807) is 0 Å². The maximum atomic E-state index is 11.5. The maximum absolute atomic E-state index is 11.5. The summed E-state index contributed by atoms with van der Waals surface area (Å²) in [5, 5.41) is 3.46. The first-order valence-electron chi connectivity index (χ1n) is 10.9. The monoisotopic (exact) mass is 436 g/mol. The molecule has 6 nitrogen and oxygen atoms in total. The molecule has 1 aromatic rings. The molecule has 0 unspecified atom stereocenters. The van der Waals surface area contributed by atoms with Gasteiger partial charge in [-0.15, -0.1) is 0 Å². The molecule has 0 aliphatic carbocycles. The van der Waals surface area contributed by atoms with Gasteiger partial charge in [0, 0.05) is 52.6 Å². The van der Waals surface area contributed by atoms with Crippen LogP contribution in [0.5, 0.6) is 0 Å². The summed E-state index contributed by atoms with van der Waals surface area (Å²) in [7, 11) is -1.12. The van der Waals surface area contributed by atoms with Crippen molar-refractivity contribution in [3.8, 4) is 0 Å². The fraction of sp³-hybridized carbons (Fsp3) is 0.696. The van der Waals surface area contributed by atoms with Crippen molar-refractivity contribution in [1.82, 2.24) is 15.1 Å². The minimum atomic E-state index is -2.93. The van der Waals surface area contributed by atoms with E-state index < -0.39 is 9.84 Å². The number of sulfone groups is 1. The average Bonchev–Trinajstić information content (AvgIpc) is 2.68. The summed E-state index contributed by atoms with van der Waals surface area (Å²) in [4.78, 5) is 9.24. The summed E-state index contributed by atoms with van der Waals surface area (Å²) in [5.41, 5.74) is 2.64. The summed E-state index contributed by atoms with van der Waals surface area (Å²) < 4.78 is 22.9. The summed E-state index contributed by atoms with van der Waals surface area (Å²) in [6.45, 7) is 14.2. The number of benzene rings is 1. The number of guanidine groups is 1. The fourth-order valence-electron chi connectivity index (χ4n) is 3.58. The Morgan fingerprint density at radius 3 is 2.23 bits per heavy atom. The van der Waals surface area contributed by atoms with Crippen molar-refractivity contribution in [3.63, 3.8) is 0 Å². The molecule has 0 amide bonds. The summed E-state index contributed by atoms with van der Waals surface area (Å²) in [5.74, 6) is 1.69. The van der Waals surface area contributed by atoms with Crippen molar-refractivity contribution in [2.45, 2.75) is 46.6 Å². The van der Waals surface area contributed by atoms with Crippen LogP contribution >= 0.6 is 0 Å². The summed E-state index contributed by atoms with van der Waals surface area (Å²) >= 11 is 0. The Labute approximate surface area is 183 Å². The lowest BCUT2D eigenvalue weighted by atomic mass is 9.90. The van der Waals surface area contributed by atoms with Crippen LogP contribution in [-0.2, 0) is 16.4 Å². The van der Waals surface area contributed by atoms with E-state index >= 15 is 0 Å². The van der Waals surface area contributed by atoms with Crippen LogP contribution in [0.4, 0.5) is 0 Å². The van der Waals surface area contributed by atoms with E-state index in [1.807, 2.05) is 7.05 Å². The first-order chi connectivity index (χ1) is 14.0. The molecular weight excluding hydrogens is 396 g/mol. The van der Waals surface area contributed by atoms with Crippen LogP contribution in [0.3, 0.4) is 0 Å². The number of aliphatic imine (C=N–C) groups is 1. The normalized spacial score (nSPS) is 16.9. The first-order valence-corrected chi connectivity index (χ1v) is 13.0. The number of rotatable bonds is 8. The third kappa shape index (κ3) is 8.26. The van der Waals surface area contributed by atoms with Gasteiger partial charge in [0.15, 0.2) is 5.96 Å². The third-order valence-corrected chi connectivity index (χ3v) is 6.76. The standard InChI is InChI=1S/C23H40N4O2S/c1-19(2)21-9-7-20(8-10-21)17-26-12-14-27(15-13-26)22(24-5)25-18-23(3,4)11-16-30(6,28)29/h7-10,19H,11-18H2,1-6H3,(H,24,25). The van der Waals surface area contributed by atoms with Crippen LogP contribution in [-0.4, -0.2) is 76.0 Å². The molecule has 1 aromatic carbocycles. The minimum absolute atomic E-state index is 0.108. The highest BCUT2D eigenvalue weighted by Gasteiger charge is 2.24. The van der Waals surface area contributed by atoms with E-state index in [1.165, 1.54) is 17.4 Å². The molecule has 1 aliphatic heterocycles.